The molecule has 1 amide bonds. The molecule has 0 aliphatic carbocycles. The maximum Gasteiger partial charge on any atom is 0.262 e. The first-order valence-electron chi connectivity index (χ1n) is 9.16. The van der Waals surface area contributed by atoms with E-state index in [1.54, 1.807) is 51.1 Å². The van der Waals surface area contributed by atoms with Gasteiger partial charge >= 0.3 is 0 Å². The lowest BCUT2D eigenvalue weighted by Gasteiger charge is -2.16. The minimum absolute atomic E-state index is 0.0349. The number of aryl methyl sites for hydroxylation is 1. The summed E-state index contributed by atoms with van der Waals surface area (Å²) in [6.45, 7) is 5.14. The van der Waals surface area contributed by atoms with Crippen LogP contribution in [0.1, 0.15) is 34.8 Å². The van der Waals surface area contributed by atoms with E-state index in [1.165, 1.54) is 20.2 Å². The fourth-order valence-corrected chi connectivity index (χ4v) is 3.61. The number of nitrogens with one attached hydrogen (secondary N) is 1. The van der Waals surface area contributed by atoms with Gasteiger partial charge in [0, 0.05) is 31.8 Å². The van der Waals surface area contributed by atoms with Crippen molar-refractivity contribution in [3.05, 3.63) is 53.1 Å². The Morgan fingerprint density at radius 3 is 2.24 bits per heavy atom. The molecule has 0 saturated carbocycles. The van der Waals surface area contributed by atoms with Crippen LogP contribution in [0.15, 0.2) is 41.3 Å². The van der Waals surface area contributed by atoms with Crippen molar-refractivity contribution in [1.29, 1.82) is 0 Å². The number of benzene rings is 2. The molecule has 0 saturated heterocycles. The van der Waals surface area contributed by atoms with Gasteiger partial charge in [-0.05, 0) is 61.4 Å². The molecule has 0 spiro atoms. The number of nitrogens with zero attached hydrogens (tertiary/aromatic N) is 1. The Hall–Kier alpha value is -2.71. The van der Waals surface area contributed by atoms with Gasteiger partial charge in [0.05, 0.1) is 4.90 Å². The summed E-state index contributed by atoms with van der Waals surface area (Å²) in [5.74, 6) is 0.0814. The van der Waals surface area contributed by atoms with Crippen LogP contribution in [0.25, 0.3) is 0 Å². The Morgan fingerprint density at radius 1 is 1.07 bits per heavy atom. The molecule has 1 N–H and O–H groups in total. The normalized spacial score (nSPS) is 11.4. The number of hydrogen-bond acceptors (Lipinski definition) is 5. The smallest absolute Gasteiger partial charge is 0.262 e. The number of ketones is 1. The third-order valence-electron chi connectivity index (χ3n) is 4.56. The Bertz CT molecular complexity index is 1010. The molecule has 0 aliphatic rings. The first-order valence-corrected chi connectivity index (χ1v) is 10.6. The van der Waals surface area contributed by atoms with Crippen LogP contribution < -0.4 is 10.1 Å². The van der Waals surface area contributed by atoms with Crippen LogP contribution in [0.2, 0.25) is 0 Å². The zero-order valence-electron chi connectivity index (χ0n) is 17.3. The third kappa shape index (κ3) is 5.42. The van der Waals surface area contributed by atoms with E-state index in [1.807, 2.05) is 0 Å². The second-order valence-electron chi connectivity index (χ2n) is 6.84. The van der Waals surface area contributed by atoms with Crippen molar-refractivity contribution in [3.8, 4) is 5.75 Å². The molecular formula is C21H26N2O5S. The van der Waals surface area contributed by atoms with Crippen molar-refractivity contribution in [2.45, 2.75) is 32.1 Å². The predicted molar refractivity (Wildman–Crippen MR) is 112 cm³/mol. The van der Waals surface area contributed by atoms with Gasteiger partial charge in [-0.2, -0.15) is 0 Å². The summed E-state index contributed by atoms with van der Waals surface area (Å²) in [7, 11) is -0.711. The lowest BCUT2D eigenvalue weighted by Crippen LogP contribution is -2.24. The summed E-state index contributed by atoms with van der Waals surface area (Å²) in [6, 6.07) is 9.60. The second kappa shape index (κ2) is 9.19. The number of rotatable bonds is 8. The number of carbonyl (C=O) groups is 2. The monoisotopic (exact) mass is 418 g/mol. The minimum Gasteiger partial charge on any atom is -0.484 e. The van der Waals surface area contributed by atoms with Gasteiger partial charge in [0.2, 0.25) is 10.0 Å². The fraction of sp³-hybridized carbons (Fsp3) is 0.333. The van der Waals surface area contributed by atoms with E-state index in [4.69, 9.17) is 4.74 Å². The third-order valence-corrected chi connectivity index (χ3v) is 6.35. The van der Waals surface area contributed by atoms with Crippen LogP contribution in [-0.2, 0) is 14.8 Å². The van der Waals surface area contributed by atoms with Gasteiger partial charge in [-0.25, -0.2) is 12.7 Å². The molecular weight excluding hydrogens is 392 g/mol. The molecule has 7 nitrogen and oxygen atoms in total. The minimum atomic E-state index is -3.62. The van der Waals surface area contributed by atoms with Gasteiger partial charge in [0.15, 0.2) is 12.4 Å². The molecule has 0 atom stereocenters. The number of anilines is 1. The number of sulfonamides is 1. The van der Waals surface area contributed by atoms with Crippen molar-refractivity contribution in [2.75, 3.05) is 26.0 Å². The average Bonchev–Trinajstić information content (AvgIpc) is 2.69. The van der Waals surface area contributed by atoms with Gasteiger partial charge in [-0.1, -0.05) is 6.92 Å². The Morgan fingerprint density at radius 2 is 1.69 bits per heavy atom. The quantitative estimate of drug-likeness (QED) is 0.665. The Balaban J connectivity index is 2.10. The first-order chi connectivity index (χ1) is 13.6. The Kier molecular flexibility index (Phi) is 7.16. The van der Waals surface area contributed by atoms with Crippen LogP contribution in [0.4, 0.5) is 5.69 Å². The number of ether oxygens (including phenoxy) is 1. The van der Waals surface area contributed by atoms with Gasteiger partial charge in [-0.3, -0.25) is 9.59 Å². The van der Waals surface area contributed by atoms with Crippen LogP contribution in [0.5, 0.6) is 5.75 Å². The highest BCUT2D eigenvalue weighted by Gasteiger charge is 2.20. The maximum absolute atomic E-state index is 12.4. The van der Waals surface area contributed by atoms with E-state index in [9.17, 15) is 18.0 Å². The second-order valence-corrected chi connectivity index (χ2v) is 8.99. The van der Waals surface area contributed by atoms with E-state index >= 15 is 0 Å². The number of Topliss-reactive ketones (excluding diaryl/α,β-unsaturated/α-hetero) is 1. The molecule has 2 aromatic carbocycles. The van der Waals surface area contributed by atoms with Crippen LogP contribution >= 0.6 is 0 Å². The summed E-state index contributed by atoms with van der Waals surface area (Å²) in [5.41, 5.74) is 2.54. The van der Waals surface area contributed by atoms with Gasteiger partial charge < -0.3 is 10.1 Å². The van der Waals surface area contributed by atoms with Crippen molar-refractivity contribution in [2.24, 2.45) is 0 Å². The highest BCUT2D eigenvalue weighted by molar-refractivity contribution is 7.89. The molecule has 2 rings (SSSR count). The highest BCUT2D eigenvalue weighted by atomic mass is 32.2. The maximum atomic E-state index is 12.4. The number of carbonyl (C=O) groups excluding carboxylic acids is 2. The van der Waals surface area contributed by atoms with Gasteiger partial charge in [0.25, 0.3) is 5.91 Å². The predicted octanol–water partition coefficient (Wildman–Crippen LogP) is 3.16. The standard InChI is InChI=1S/C21H26N2O5S/c1-6-20(24)16-7-9-17(10-8-16)28-13-21(25)22-19-12-18(11-14(2)15(19)3)29(26,27)23(4)5/h7-12H,6,13H2,1-5H3,(H,22,25). The average molecular weight is 419 g/mol. The molecule has 0 heterocycles. The topological polar surface area (TPSA) is 92.8 Å². The lowest BCUT2D eigenvalue weighted by molar-refractivity contribution is -0.118. The van der Waals surface area contributed by atoms with E-state index in [2.05, 4.69) is 5.32 Å². The van der Waals surface area contributed by atoms with Crippen molar-refractivity contribution in [1.82, 2.24) is 4.31 Å². The molecule has 156 valence electrons. The molecule has 0 bridgehead atoms. The summed E-state index contributed by atoms with van der Waals surface area (Å²) in [4.78, 5) is 24.1. The van der Waals surface area contributed by atoms with Crippen LogP contribution in [0, 0.1) is 13.8 Å². The van der Waals surface area contributed by atoms with E-state index in [0.717, 1.165) is 15.4 Å². The zero-order chi connectivity index (χ0) is 21.8. The highest BCUT2D eigenvalue weighted by Crippen LogP contribution is 2.25. The summed E-state index contributed by atoms with van der Waals surface area (Å²) in [6.07, 6.45) is 0.421. The fourth-order valence-electron chi connectivity index (χ4n) is 2.59. The summed E-state index contributed by atoms with van der Waals surface area (Å²) in [5, 5.41) is 2.71. The number of amides is 1. The molecule has 29 heavy (non-hydrogen) atoms. The van der Waals surface area contributed by atoms with Gasteiger partial charge in [-0.15, -0.1) is 0 Å². The zero-order valence-corrected chi connectivity index (χ0v) is 18.1. The molecule has 2 aromatic rings. The summed E-state index contributed by atoms with van der Waals surface area (Å²) >= 11 is 0. The number of hydrogen-bond donors (Lipinski definition) is 1. The lowest BCUT2D eigenvalue weighted by atomic mass is 10.1. The summed E-state index contributed by atoms with van der Waals surface area (Å²) < 4.78 is 31.4. The van der Waals surface area contributed by atoms with Crippen molar-refractivity contribution < 1.29 is 22.7 Å². The molecule has 8 heteroatoms. The molecule has 0 aromatic heterocycles. The molecule has 0 unspecified atom stereocenters. The first kappa shape index (κ1) is 22.6. The van der Waals surface area contributed by atoms with E-state index in [-0.39, 0.29) is 17.3 Å². The molecule has 0 fully saturated rings. The molecule has 0 aliphatic heterocycles. The Labute approximate surface area is 171 Å². The van der Waals surface area contributed by atoms with E-state index < -0.39 is 15.9 Å². The van der Waals surface area contributed by atoms with Crippen LogP contribution in [0.3, 0.4) is 0 Å². The van der Waals surface area contributed by atoms with Crippen molar-refractivity contribution >= 4 is 27.4 Å². The van der Waals surface area contributed by atoms with Crippen molar-refractivity contribution in [3.63, 3.8) is 0 Å². The van der Waals surface area contributed by atoms with E-state index in [0.29, 0.717) is 23.4 Å². The van der Waals surface area contributed by atoms with Gasteiger partial charge in [0.1, 0.15) is 5.75 Å². The largest absolute Gasteiger partial charge is 0.484 e. The van der Waals surface area contributed by atoms with Crippen LogP contribution in [-0.4, -0.2) is 45.1 Å². The molecule has 0 radical (unpaired) electrons. The SMILES string of the molecule is CCC(=O)c1ccc(OCC(=O)Nc2cc(S(=O)(=O)N(C)C)cc(C)c2C)cc1.